The van der Waals surface area contributed by atoms with Crippen molar-refractivity contribution >= 4 is 35.3 Å². The standard InChI is InChI=1S/C10H12O2S.C8H9Cl.C3H6O2/c11-10(12)8-13-7-6-9-4-2-1-3-5-9;9-7-6-8-4-2-1-3-5-8;1-2-3(4)5/h1-5H,6-8H2,(H,11,12);1-5H,6-7H2;2H2,1H3,(H,4,5). The summed E-state index contributed by atoms with van der Waals surface area (Å²) in [6.07, 6.45) is 2.14. The van der Waals surface area contributed by atoms with Gasteiger partial charge in [0.05, 0.1) is 5.75 Å². The number of carboxylic acids is 2. The van der Waals surface area contributed by atoms with E-state index in [1.54, 1.807) is 6.92 Å². The van der Waals surface area contributed by atoms with Crippen LogP contribution in [-0.2, 0) is 22.4 Å². The molecule has 4 nitrogen and oxygen atoms in total. The van der Waals surface area contributed by atoms with Gasteiger partial charge in [-0.15, -0.1) is 23.4 Å². The van der Waals surface area contributed by atoms with Crippen LogP contribution in [0.5, 0.6) is 0 Å². The molecular weight excluding hydrogens is 384 g/mol. The van der Waals surface area contributed by atoms with E-state index in [1.165, 1.54) is 22.9 Å². The third-order valence-corrected chi connectivity index (χ3v) is 4.26. The molecule has 0 bridgehead atoms. The number of benzene rings is 2. The van der Waals surface area contributed by atoms with Crippen LogP contribution in [0.3, 0.4) is 0 Å². The number of carbonyl (C=O) groups is 2. The normalized spacial score (nSPS) is 9.26. The van der Waals surface area contributed by atoms with Crippen molar-refractivity contribution in [3.8, 4) is 0 Å². The van der Waals surface area contributed by atoms with Crippen molar-refractivity contribution in [1.82, 2.24) is 0 Å². The predicted octanol–water partition coefficient (Wildman–Crippen LogP) is 5.00. The molecule has 0 unspecified atom stereocenters. The molecule has 0 saturated carbocycles. The van der Waals surface area contributed by atoms with Gasteiger partial charge >= 0.3 is 11.9 Å². The van der Waals surface area contributed by atoms with Crippen LogP contribution >= 0.6 is 23.4 Å². The van der Waals surface area contributed by atoms with Crippen molar-refractivity contribution in [1.29, 1.82) is 0 Å². The zero-order valence-electron chi connectivity index (χ0n) is 15.5. The Bertz CT molecular complexity index is 621. The van der Waals surface area contributed by atoms with Gasteiger partial charge < -0.3 is 10.2 Å². The van der Waals surface area contributed by atoms with Gasteiger partial charge in [-0.05, 0) is 29.7 Å². The fraction of sp³-hybridized carbons (Fsp3) is 0.333. The highest BCUT2D eigenvalue weighted by Gasteiger charge is 1.96. The van der Waals surface area contributed by atoms with E-state index in [0.29, 0.717) is 5.88 Å². The summed E-state index contributed by atoms with van der Waals surface area (Å²) in [4.78, 5) is 19.6. The molecule has 0 spiro atoms. The average molecular weight is 411 g/mol. The minimum atomic E-state index is -0.745. The maximum absolute atomic E-state index is 10.2. The van der Waals surface area contributed by atoms with E-state index in [1.807, 2.05) is 36.4 Å². The Morgan fingerprint density at radius 1 is 0.852 bits per heavy atom. The van der Waals surface area contributed by atoms with Gasteiger partial charge in [0.1, 0.15) is 0 Å². The van der Waals surface area contributed by atoms with Crippen LogP contribution in [0, 0.1) is 0 Å². The van der Waals surface area contributed by atoms with E-state index in [0.717, 1.165) is 18.6 Å². The third kappa shape index (κ3) is 17.2. The van der Waals surface area contributed by atoms with Gasteiger partial charge in [-0.2, -0.15) is 0 Å². The Hall–Kier alpha value is -1.98. The quantitative estimate of drug-likeness (QED) is 0.473. The molecule has 2 aromatic rings. The maximum Gasteiger partial charge on any atom is 0.313 e. The number of hydrogen-bond donors (Lipinski definition) is 2. The molecule has 0 fully saturated rings. The van der Waals surface area contributed by atoms with Gasteiger partial charge in [0.25, 0.3) is 0 Å². The molecule has 0 atom stereocenters. The lowest BCUT2D eigenvalue weighted by molar-refractivity contribution is -0.136. The molecule has 2 rings (SSSR count). The van der Waals surface area contributed by atoms with Crippen molar-refractivity contribution in [3.63, 3.8) is 0 Å². The van der Waals surface area contributed by atoms with E-state index in [-0.39, 0.29) is 12.2 Å². The fourth-order valence-corrected chi connectivity index (χ4v) is 2.67. The number of alkyl halides is 1. The van der Waals surface area contributed by atoms with Crippen LogP contribution in [0.4, 0.5) is 0 Å². The third-order valence-electron chi connectivity index (χ3n) is 3.13. The maximum atomic E-state index is 10.2. The predicted molar refractivity (Wildman–Crippen MR) is 114 cm³/mol. The van der Waals surface area contributed by atoms with Gasteiger partial charge in [0.15, 0.2) is 0 Å². The van der Waals surface area contributed by atoms with Gasteiger partial charge in [-0.1, -0.05) is 67.6 Å². The average Bonchev–Trinajstić information content (AvgIpc) is 2.68. The van der Waals surface area contributed by atoms with E-state index >= 15 is 0 Å². The highest BCUT2D eigenvalue weighted by Crippen LogP contribution is 2.06. The molecule has 2 N–H and O–H groups in total. The molecule has 0 amide bonds. The first-order valence-electron chi connectivity index (χ1n) is 8.64. The Morgan fingerprint density at radius 2 is 1.30 bits per heavy atom. The van der Waals surface area contributed by atoms with Gasteiger partial charge in [-0.3, -0.25) is 9.59 Å². The van der Waals surface area contributed by atoms with Crippen molar-refractivity contribution in [2.24, 2.45) is 0 Å². The number of hydrogen-bond acceptors (Lipinski definition) is 3. The molecule has 27 heavy (non-hydrogen) atoms. The van der Waals surface area contributed by atoms with Crippen molar-refractivity contribution in [2.45, 2.75) is 26.2 Å². The summed E-state index contributed by atoms with van der Waals surface area (Å²) in [6.45, 7) is 1.60. The highest BCUT2D eigenvalue weighted by molar-refractivity contribution is 7.99. The monoisotopic (exact) mass is 410 g/mol. The summed E-state index contributed by atoms with van der Waals surface area (Å²) in [5.41, 5.74) is 2.58. The van der Waals surface area contributed by atoms with Crippen LogP contribution in [-0.4, -0.2) is 39.5 Å². The van der Waals surface area contributed by atoms with Crippen molar-refractivity contribution in [2.75, 3.05) is 17.4 Å². The molecule has 2 aromatic carbocycles. The Kier molecular flexibility index (Phi) is 16.2. The minimum Gasteiger partial charge on any atom is -0.481 e. The minimum absolute atomic E-state index is 0.201. The first-order valence-corrected chi connectivity index (χ1v) is 10.3. The fourth-order valence-electron chi connectivity index (χ4n) is 1.75. The first kappa shape index (κ1) is 25.0. The molecule has 0 aliphatic carbocycles. The molecule has 6 heteroatoms. The number of rotatable bonds is 8. The van der Waals surface area contributed by atoms with E-state index in [9.17, 15) is 9.59 Å². The number of halogens is 1. The molecule has 0 saturated heterocycles. The molecule has 0 aliphatic heterocycles. The topological polar surface area (TPSA) is 74.6 Å². The van der Waals surface area contributed by atoms with E-state index in [2.05, 4.69) is 24.3 Å². The SMILES string of the molecule is CCC(=O)O.ClCCc1ccccc1.O=C(O)CSCCc1ccccc1. The van der Waals surface area contributed by atoms with Crippen LogP contribution in [0.25, 0.3) is 0 Å². The number of thioether (sulfide) groups is 1. The van der Waals surface area contributed by atoms with Gasteiger partial charge in [0.2, 0.25) is 0 Å². The summed E-state index contributed by atoms with van der Waals surface area (Å²) in [6, 6.07) is 20.3. The summed E-state index contributed by atoms with van der Waals surface area (Å²) < 4.78 is 0. The smallest absolute Gasteiger partial charge is 0.313 e. The highest BCUT2D eigenvalue weighted by atomic mass is 35.5. The van der Waals surface area contributed by atoms with Crippen LogP contribution in [0.2, 0.25) is 0 Å². The molecule has 0 radical (unpaired) electrons. The second-order valence-electron chi connectivity index (χ2n) is 5.35. The van der Waals surface area contributed by atoms with Gasteiger partial charge in [0, 0.05) is 12.3 Å². The van der Waals surface area contributed by atoms with Crippen molar-refractivity contribution in [3.05, 3.63) is 71.8 Å². The summed E-state index contributed by atoms with van der Waals surface area (Å²) in [7, 11) is 0. The van der Waals surface area contributed by atoms with Crippen LogP contribution in [0.15, 0.2) is 60.7 Å². The molecule has 0 aliphatic rings. The first-order chi connectivity index (χ1) is 13.0. The summed E-state index contributed by atoms with van der Waals surface area (Å²) >= 11 is 6.99. The van der Waals surface area contributed by atoms with E-state index < -0.39 is 11.9 Å². The zero-order valence-corrected chi connectivity index (χ0v) is 17.1. The Morgan fingerprint density at radius 3 is 1.67 bits per heavy atom. The summed E-state index contributed by atoms with van der Waals surface area (Å²) in [5.74, 6) is 0.302. The van der Waals surface area contributed by atoms with Crippen molar-refractivity contribution < 1.29 is 19.8 Å². The van der Waals surface area contributed by atoms with Gasteiger partial charge in [-0.25, -0.2) is 0 Å². The second-order valence-corrected chi connectivity index (χ2v) is 6.84. The Balaban J connectivity index is 0.000000419. The number of aryl methyl sites for hydroxylation is 2. The van der Waals surface area contributed by atoms with E-state index in [4.69, 9.17) is 21.8 Å². The lowest BCUT2D eigenvalue weighted by atomic mass is 10.2. The lowest BCUT2D eigenvalue weighted by Crippen LogP contribution is -1.99. The molecule has 0 heterocycles. The largest absolute Gasteiger partial charge is 0.481 e. The molecule has 0 aromatic heterocycles. The second kappa shape index (κ2) is 17.4. The number of aliphatic carboxylic acids is 2. The van der Waals surface area contributed by atoms with Crippen LogP contribution < -0.4 is 0 Å². The Labute approximate surface area is 170 Å². The molecule has 148 valence electrons. The molecular formula is C21H27ClO4S. The zero-order chi connectivity index (χ0) is 20.3. The van der Waals surface area contributed by atoms with Crippen LogP contribution in [0.1, 0.15) is 24.5 Å². The number of carboxylic acid groups (broad SMARTS) is 2. The lowest BCUT2D eigenvalue weighted by Gasteiger charge is -1.98. The summed E-state index contributed by atoms with van der Waals surface area (Å²) in [5, 5.41) is 16.1.